The number of allylic oxidation sites excluding steroid dienone is 1. The van der Waals surface area contributed by atoms with Crippen LogP contribution in [0.3, 0.4) is 0 Å². The van der Waals surface area contributed by atoms with Gasteiger partial charge in [0.15, 0.2) is 0 Å². The second kappa shape index (κ2) is 1.60. The highest BCUT2D eigenvalue weighted by Gasteiger charge is 2.47. The van der Waals surface area contributed by atoms with Crippen LogP contribution in [0, 0.1) is 5.41 Å². The second-order valence-corrected chi connectivity index (χ2v) is 3.38. The highest BCUT2D eigenvalue weighted by Crippen LogP contribution is 2.53. The van der Waals surface area contributed by atoms with Gasteiger partial charge in [0, 0.05) is 6.04 Å². The summed E-state index contributed by atoms with van der Waals surface area (Å²) in [5, 5.41) is 0. The summed E-state index contributed by atoms with van der Waals surface area (Å²) in [6, 6.07) is 0.475. The lowest BCUT2D eigenvalue weighted by Gasteiger charge is -2.23. The van der Waals surface area contributed by atoms with Gasteiger partial charge in [0.2, 0.25) is 0 Å². The number of hydrogen-bond donors (Lipinski definition) is 1. The van der Waals surface area contributed by atoms with Gasteiger partial charge in [-0.25, -0.2) is 0 Å². The molecule has 1 nitrogen and oxygen atoms in total. The second-order valence-electron chi connectivity index (χ2n) is 3.38. The number of rotatable bonds is 0. The first kappa shape index (κ1) is 5.48. The van der Waals surface area contributed by atoms with Gasteiger partial charge in [-0.15, -0.1) is 0 Å². The Morgan fingerprint density at radius 3 is 2.56 bits per heavy atom. The summed E-state index contributed by atoms with van der Waals surface area (Å²) in [7, 11) is 0. The fourth-order valence-electron chi connectivity index (χ4n) is 1.70. The topological polar surface area (TPSA) is 26.0 Å². The maximum atomic E-state index is 5.92. The van der Waals surface area contributed by atoms with E-state index in [1.165, 1.54) is 19.3 Å². The Morgan fingerprint density at radius 1 is 1.33 bits per heavy atom. The van der Waals surface area contributed by atoms with Crippen LogP contribution in [0.25, 0.3) is 0 Å². The third kappa shape index (κ3) is 0.715. The lowest BCUT2D eigenvalue weighted by Crippen LogP contribution is -2.32. The molecule has 0 radical (unpaired) electrons. The summed E-state index contributed by atoms with van der Waals surface area (Å²) in [5.41, 5.74) is 6.50. The molecule has 1 unspecified atom stereocenters. The van der Waals surface area contributed by atoms with Gasteiger partial charge in [-0.1, -0.05) is 12.2 Å². The molecule has 0 amide bonds. The minimum Gasteiger partial charge on any atom is -0.327 e. The largest absolute Gasteiger partial charge is 0.327 e. The standard InChI is InChI=1S/C8H13N/c9-7-3-1-2-4-8(7)5-6-8/h1-2,7H,3-6,9H2. The average molecular weight is 123 g/mol. The highest BCUT2D eigenvalue weighted by molar-refractivity contribution is 5.11. The van der Waals surface area contributed by atoms with Gasteiger partial charge >= 0.3 is 0 Å². The fraction of sp³-hybridized carbons (Fsp3) is 0.750. The normalized spacial score (nSPS) is 37.2. The molecule has 0 aromatic heterocycles. The molecule has 1 heteroatoms. The summed E-state index contributed by atoms with van der Waals surface area (Å²) in [6.45, 7) is 0. The van der Waals surface area contributed by atoms with Gasteiger partial charge in [-0.2, -0.15) is 0 Å². The van der Waals surface area contributed by atoms with Crippen molar-refractivity contribution in [2.24, 2.45) is 11.1 Å². The summed E-state index contributed by atoms with van der Waals surface area (Å²) in [4.78, 5) is 0. The molecule has 0 heterocycles. The van der Waals surface area contributed by atoms with Crippen LogP contribution in [0.15, 0.2) is 12.2 Å². The molecule has 1 atom stereocenters. The molecule has 1 spiro atoms. The van der Waals surface area contributed by atoms with Gasteiger partial charge < -0.3 is 5.73 Å². The van der Waals surface area contributed by atoms with Crippen LogP contribution in [-0.2, 0) is 0 Å². The fourth-order valence-corrected chi connectivity index (χ4v) is 1.70. The van der Waals surface area contributed by atoms with E-state index in [1.54, 1.807) is 0 Å². The Morgan fingerprint density at radius 2 is 2.11 bits per heavy atom. The Balaban J connectivity index is 2.15. The first-order chi connectivity index (χ1) is 4.33. The third-order valence-electron chi connectivity index (χ3n) is 2.76. The first-order valence-electron chi connectivity index (χ1n) is 3.74. The van der Waals surface area contributed by atoms with E-state index in [-0.39, 0.29) is 0 Å². The third-order valence-corrected chi connectivity index (χ3v) is 2.76. The number of nitrogens with two attached hydrogens (primary N) is 1. The average Bonchev–Trinajstić information content (AvgIpc) is 2.60. The predicted molar refractivity (Wildman–Crippen MR) is 38.0 cm³/mol. The molecule has 0 aliphatic heterocycles. The monoisotopic (exact) mass is 123 g/mol. The molecule has 2 rings (SSSR count). The quantitative estimate of drug-likeness (QED) is 0.485. The lowest BCUT2D eigenvalue weighted by molar-refractivity contribution is 0.388. The SMILES string of the molecule is NC1CC=CCC12CC2. The molecule has 1 fully saturated rings. The predicted octanol–water partition coefficient (Wildman–Crippen LogP) is 1.44. The van der Waals surface area contributed by atoms with E-state index < -0.39 is 0 Å². The van der Waals surface area contributed by atoms with E-state index in [0.717, 1.165) is 6.42 Å². The van der Waals surface area contributed by atoms with E-state index in [1.807, 2.05) is 0 Å². The van der Waals surface area contributed by atoms with Crippen molar-refractivity contribution in [3.63, 3.8) is 0 Å². The van der Waals surface area contributed by atoms with Gasteiger partial charge in [-0.05, 0) is 31.1 Å². The smallest absolute Gasteiger partial charge is 0.0133 e. The maximum Gasteiger partial charge on any atom is 0.0133 e. The van der Waals surface area contributed by atoms with Gasteiger partial charge in [0.25, 0.3) is 0 Å². The molecular formula is C8H13N. The lowest BCUT2D eigenvalue weighted by atomic mass is 9.87. The molecule has 50 valence electrons. The molecular weight excluding hydrogens is 110 g/mol. The van der Waals surface area contributed by atoms with Crippen LogP contribution in [0.4, 0.5) is 0 Å². The van der Waals surface area contributed by atoms with Crippen molar-refractivity contribution in [3.05, 3.63) is 12.2 Å². The summed E-state index contributed by atoms with van der Waals surface area (Å²) < 4.78 is 0. The molecule has 9 heavy (non-hydrogen) atoms. The van der Waals surface area contributed by atoms with Crippen LogP contribution >= 0.6 is 0 Å². The zero-order valence-electron chi connectivity index (χ0n) is 5.64. The Labute approximate surface area is 55.9 Å². The van der Waals surface area contributed by atoms with E-state index in [2.05, 4.69) is 12.2 Å². The van der Waals surface area contributed by atoms with Crippen molar-refractivity contribution in [1.29, 1.82) is 0 Å². The van der Waals surface area contributed by atoms with Crippen molar-refractivity contribution in [1.82, 2.24) is 0 Å². The van der Waals surface area contributed by atoms with Crippen LogP contribution < -0.4 is 5.73 Å². The molecule has 2 aliphatic rings. The van der Waals surface area contributed by atoms with Crippen molar-refractivity contribution in [3.8, 4) is 0 Å². The van der Waals surface area contributed by atoms with Crippen molar-refractivity contribution in [2.75, 3.05) is 0 Å². The molecule has 1 saturated carbocycles. The molecule has 0 aromatic carbocycles. The molecule has 0 saturated heterocycles. The Hall–Kier alpha value is -0.300. The first-order valence-corrected chi connectivity index (χ1v) is 3.74. The summed E-state index contributed by atoms with van der Waals surface area (Å²) >= 11 is 0. The molecule has 0 aromatic rings. The van der Waals surface area contributed by atoms with E-state index >= 15 is 0 Å². The Bertz CT molecular complexity index is 145. The summed E-state index contributed by atoms with van der Waals surface area (Å²) in [6.07, 6.45) is 9.61. The maximum absolute atomic E-state index is 5.92. The van der Waals surface area contributed by atoms with E-state index in [9.17, 15) is 0 Å². The van der Waals surface area contributed by atoms with Gasteiger partial charge in [0.05, 0.1) is 0 Å². The van der Waals surface area contributed by atoms with Crippen molar-refractivity contribution >= 4 is 0 Å². The zero-order valence-corrected chi connectivity index (χ0v) is 5.64. The summed E-state index contributed by atoms with van der Waals surface area (Å²) in [5.74, 6) is 0. The van der Waals surface area contributed by atoms with Crippen LogP contribution in [-0.4, -0.2) is 6.04 Å². The highest BCUT2D eigenvalue weighted by atomic mass is 14.7. The minimum atomic E-state index is 0.475. The van der Waals surface area contributed by atoms with Crippen LogP contribution in [0.2, 0.25) is 0 Å². The molecule has 2 aliphatic carbocycles. The molecule has 0 bridgehead atoms. The zero-order chi connectivity index (χ0) is 6.32. The van der Waals surface area contributed by atoms with Crippen LogP contribution in [0.5, 0.6) is 0 Å². The van der Waals surface area contributed by atoms with Crippen molar-refractivity contribution in [2.45, 2.75) is 31.7 Å². The Kier molecular flexibility index (Phi) is 0.974. The number of hydrogen-bond acceptors (Lipinski definition) is 1. The van der Waals surface area contributed by atoms with Crippen molar-refractivity contribution < 1.29 is 0 Å². The molecule has 2 N–H and O–H groups in total. The minimum absolute atomic E-state index is 0.475. The van der Waals surface area contributed by atoms with E-state index in [4.69, 9.17) is 5.73 Å². The van der Waals surface area contributed by atoms with E-state index in [0.29, 0.717) is 11.5 Å². The van der Waals surface area contributed by atoms with Gasteiger partial charge in [-0.3, -0.25) is 0 Å². The van der Waals surface area contributed by atoms with Crippen LogP contribution in [0.1, 0.15) is 25.7 Å². The van der Waals surface area contributed by atoms with Gasteiger partial charge in [0.1, 0.15) is 0 Å².